The van der Waals surface area contributed by atoms with Crippen molar-refractivity contribution in [3.8, 4) is 5.75 Å². The molecule has 0 aliphatic rings. The molecule has 0 amide bonds. The van der Waals surface area contributed by atoms with E-state index < -0.39 is 10.0 Å². The third-order valence-corrected chi connectivity index (χ3v) is 4.89. The lowest BCUT2D eigenvalue weighted by Gasteiger charge is -2.12. The van der Waals surface area contributed by atoms with Gasteiger partial charge in [-0.1, -0.05) is 29.3 Å². The van der Waals surface area contributed by atoms with Crippen LogP contribution in [0, 0.1) is 0 Å². The summed E-state index contributed by atoms with van der Waals surface area (Å²) < 4.78 is 32.1. The van der Waals surface area contributed by atoms with E-state index in [0.29, 0.717) is 5.69 Å². The molecule has 21 heavy (non-hydrogen) atoms. The Morgan fingerprint density at radius 2 is 2.00 bits per heavy atom. The minimum atomic E-state index is -3.80. The van der Waals surface area contributed by atoms with Crippen molar-refractivity contribution in [1.29, 1.82) is 0 Å². The van der Waals surface area contributed by atoms with Crippen molar-refractivity contribution in [2.24, 2.45) is 0 Å². The Balaban J connectivity index is 2.30. The van der Waals surface area contributed by atoms with Gasteiger partial charge >= 0.3 is 0 Å². The van der Waals surface area contributed by atoms with E-state index in [0.717, 1.165) is 0 Å². The van der Waals surface area contributed by atoms with Crippen LogP contribution >= 0.6 is 23.2 Å². The number of benzene rings is 1. The standard InChI is InChI=1S/C13H12Cl2N2O3S/c1-20-13-11(6-5-10(14)12(13)15)21(18,19)17-8-9-4-2-3-7-16-9/h2-7,17H,8H2,1H3. The molecule has 0 aliphatic heterocycles. The SMILES string of the molecule is COc1c(S(=O)(=O)NCc2ccccn2)ccc(Cl)c1Cl. The zero-order valence-electron chi connectivity index (χ0n) is 11.0. The van der Waals surface area contributed by atoms with Gasteiger partial charge in [-0.3, -0.25) is 4.98 Å². The molecule has 1 aromatic carbocycles. The van der Waals surface area contributed by atoms with Crippen LogP contribution in [0.2, 0.25) is 10.0 Å². The van der Waals surface area contributed by atoms with E-state index >= 15 is 0 Å². The summed E-state index contributed by atoms with van der Waals surface area (Å²) in [7, 11) is -2.47. The second-order valence-corrected chi connectivity index (χ2v) is 6.56. The number of nitrogens with zero attached hydrogens (tertiary/aromatic N) is 1. The second kappa shape index (κ2) is 6.62. The monoisotopic (exact) mass is 346 g/mol. The van der Waals surface area contributed by atoms with E-state index in [1.807, 2.05) is 0 Å². The van der Waals surface area contributed by atoms with Gasteiger partial charge in [0.2, 0.25) is 10.0 Å². The highest BCUT2D eigenvalue weighted by Crippen LogP contribution is 2.37. The highest BCUT2D eigenvalue weighted by molar-refractivity contribution is 7.89. The molecule has 2 aromatic rings. The van der Waals surface area contributed by atoms with Gasteiger partial charge in [0.1, 0.15) is 9.92 Å². The third kappa shape index (κ3) is 3.65. The molecule has 0 bridgehead atoms. The second-order valence-electron chi connectivity index (χ2n) is 4.04. The van der Waals surface area contributed by atoms with Gasteiger partial charge in [0.25, 0.3) is 0 Å². The predicted octanol–water partition coefficient (Wildman–Crippen LogP) is 2.88. The van der Waals surface area contributed by atoms with Gasteiger partial charge in [0.05, 0.1) is 24.4 Å². The van der Waals surface area contributed by atoms with E-state index in [2.05, 4.69) is 9.71 Å². The number of halogens is 2. The lowest BCUT2D eigenvalue weighted by atomic mass is 10.3. The molecule has 1 heterocycles. The number of hydrogen-bond donors (Lipinski definition) is 1. The van der Waals surface area contributed by atoms with E-state index in [1.54, 1.807) is 24.4 Å². The quantitative estimate of drug-likeness (QED) is 0.903. The van der Waals surface area contributed by atoms with Crippen molar-refractivity contribution in [2.75, 3.05) is 7.11 Å². The van der Waals surface area contributed by atoms with Crippen LogP contribution in [0.4, 0.5) is 0 Å². The first-order valence-electron chi connectivity index (χ1n) is 5.87. The summed E-state index contributed by atoms with van der Waals surface area (Å²) in [5, 5.41) is 0.275. The predicted molar refractivity (Wildman–Crippen MR) is 81.3 cm³/mol. The topological polar surface area (TPSA) is 68.3 Å². The smallest absolute Gasteiger partial charge is 0.244 e. The molecule has 0 saturated heterocycles. The van der Waals surface area contributed by atoms with Gasteiger partial charge in [-0.15, -0.1) is 0 Å². The van der Waals surface area contributed by atoms with Crippen LogP contribution in [-0.4, -0.2) is 20.5 Å². The van der Waals surface area contributed by atoms with E-state index in [-0.39, 0.29) is 27.2 Å². The summed E-state index contributed by atoms with van der Waals surface area (Å²) in [4.78, 5) is 3.97. The summed E-state index contributed by atoms with van der Waals surface area (Å²) in [6.07, 6.45) is 1.59. The van der Waals surface area contributed by atoms with Gasteiger partial charge in [-0.05, 0) is 24.3 Å². The summed E-state index contributed by atoms with van der Waals surface area (Å²) in [5.74, 6) is 0.0117. The first kappa shape index (κ1) is 16.0. The van der Waals surface area contributed by atoms with Crippen molar-refractivity contribution in [3.63, 3.8) is 0 Å². The Kier molecular flexibility index (Phi) is 5.05. The normalized spacial score (nSPS) is 11.4. The Morgan fingerprint density at radius 3 is 2.62 bits per heavy atom. The van der Waals surface area contributed by atoms with Crippen LogP contribution in [0.3, 0.4) is 0 Å². The number of sulfonamides is 1. The number of pyridine rings is 1. The first-order valence-corrected chi connectivity index (χ1v) is 8.11. The molecule has 0 fully saturated rings. The molecule has 112 valence electrons. The van der Waals surface area contributed by atoms with Crippen LogP contribution in [0.1, 0.15) is 5.69 Å². The molecule has 0 saturated carbocycles. The molecule has 1 N–H and O–H groups in total. The average molecular weight is 347 g/mol. The van der Waals surface area contributed by atoms with Gasteiger partial charge in [-0.25, -0.2) is 13.1 Å². The lowest BCUT2D eigenvalue weighted by molar-refractivity contribution is 0.402. The van der Waals surface area contributed by atoms with Gasteiger partial charge in [0.15, 0.2) is 5.75 Å². The maximum absolute atomic E-state index is 12.3. The van der Waals surface area contributed by atoms with Crippen molar-refractivity contribution in [1.82, 2.24) is 9.71 Å². The molecule has 0 spiro atoms. The van der Waals surface area contributed by atoms with Crippen LogP contribution in [0.5, 0.6) is 5.75 Å². The minimum absolute atomic E-state index is 0.0117. The zero-order valence-corrected chi connectivity index (χ0v) is 13.3. The van der Waals surface area contributed by atoms with Crippen LogP contribution < -0.4 is 9.46 Å². The van der Waals surface area contributed by atoms with Crippen LogP contribution in [-0.2, 0) is 16.6 Å². The van der Waals surface area contributed by atoms with Gasteiger partial charge in [0, 0.05) is 6.20 Å². The zero-order chi connectivity index (χ0) is 15.5. The average Bonchev–Trinajstić information content (AvgIpc) is 2.49. The van der Waals surface area contributed by atoms with E-state index in [9.17, 15) is 8.42 Å². The summed E-state index contributed by atoms with van der Waals surface area (Å²) in [5.41, 5.74) is 0.597. The molecule has 8 heteroatoms. The Hall–Kier alpha value is -1.34. The number of ether oxygens (including phenoxy) is 1. The largest absolute Gasteiger partial charge is 0.494 e. The maximum Gasteiger partial charge on any atom is 0.244 e. The molecule has 2 rings (SSSR count). The molecular weight excluding hydrogens is 335 g/mol. The fourth-order valence-electron chi connectivity index (χ4n) is 1.67. The molecule has 5 nitrogen and oxygen atoms in total. The van der Waals surface area contributed by atoms with E-state index in [1.165, 1.54) is 19.2 Å². The van der Waals surface area contributed by atoms with Crippen LogP contribution in [0.25, 0.3) is 0 Å². The Morgan fingerprint density at radius 1 is 1.24 bits per heavy atom. The number of hydrogen-bond acceptors (Lipinski definition) is 4. The lowest BCUT2D eigenvalue weighted by Crippen LogP contribution is -2.24. The minimum Gasteiger partial charge on any atom is -0.494 e. The maximum atomic E-state index is 12.3. The number of rotatable bonds is 5. The van der Waals surface area contributed by atoms with Crippen molar-refractivity contribution >= 4 is 33.2 Å². The van der Waals surface area contributed by atoms with Crippen molar-refractivity contribution in [2.45, 2.75) is 11.4 Å². The molecule has 0 aliphatic carbocycles. The van der Waals surface area contributed by atoms with Crippen molar-refractivity contribution < 1.29 is 13.2 Å². The number of methoxy groups -OCH3 is 1. The number of nitrogens with one attached hydrogen (secondary N) is 1. The highest BCUT2D eigenvalue weighted by Gasteiger charge is 2.22. The molecule has 1 aromatic heterocycles. The fraction of sp³-hybridized carbons (Fsp3) is 0.154. The third-order valence-electron chi connectivity index (χ3n) is 2.68. The molecule has 0 radical (unpaired) electrons. The fourth-order valence-corrected chi connectivity index (χ4v) is 3.28. The highest BCUT2D eigenvalue weighted by atomic mass is 35.5. The first-order chi connectivity index (χ1) is 9.95. The van der Waals surface area contributed by atoms with Gasteiger partial charge < -0.3 is 4.74 Å². The Bertz CT molecular complexity index is 737. The van der Waals surface area contributed by atoms with Crippen LogP contribution in [0.15, 0.2) is 41.4 Å². The molecule has 0 atom stereocenters. The summed E-state index contributed by atoms with van der Waals surface area (Å²) in [6, 6.07) is 7.99. The van der Waals surface area contributed by atoms with Gasteiger partial charge in [-0.2, -0.15) is 0 Å². The Labute approximate surface area is 132 Å². The molecule has 0 unspecified atom stereocenters. The molecular formula is C13H12Cl2N2O3S. The summed E-state index contributed by atoms with van der Waals surface area (Å²) in [6.45, 7) is 0.0621. The van der Waals surface area contributed by atoms with E-state index in [4.69, 9.17) is 27.9 Å². The van der Waals surface area contributed by atoms with Crippen molar-refractivity contribution in [3.05, 3.63) is 52.3 Å². The summed E-state index contributed by atoms with van der Waals surface area (Å²) >= 11 is 11.8. The number of aromatic nitrogens is 1.